The second kappa shape index (κ2) is 8.65. The fraction of sp³-hybridized carbons (Fsp3) is 0.400. The summed E-state index contributed by atoms with van der Waals surface area (Å²) in [7, 11) is 0. The van der Waals surface area contributed by atoms with Crippen LogP contribution in [0, 0.1) is 0 Å². The molecule has 1 N–H and O–H groups in total. The van der Waals surface area contributed by atoms with Gasteiger partial charge in [0.2, 0.25) is 0 Å². The third kappa shape index (κ3) is 4.32. The van der Waals surface area contributed by atoms with Gasteiger partial charge < -0.3 is 10.0 Å². The van der Waals surface area contributed by atoms with Gasteiger partial charge in [-0.1, -0.05) is 18.9 Å². The number of nitrogens with zero attached hydrogens (tertiary/aromatic N) is 2. The molecule has 1 aliphatic heterocycles. The minimum absolute atomic E-state index is 0.0549. The number of aromatic nitrogens is 1. The number of hydrogen-bond donors (Lipinski definition) is 1. The molecule has 7 heteroatoms. The standard InChI is InChI=1S/C20H22N2O2S3/c23-16(17-6-4-9-26-17)11-15-5-2-1-3-8-22(15)20(24)18-12-21-19(27-18)14-7-10-25-13-14/h4,6-7,9-10,12-13,15-16,23H,1-3,5,8,11H2/t15-,16-/m0/s1. The van der Waals surface area contributed by atoms with Crippen molar-refractivity contribution in [3.63, 3.8) is 0 Å². The van der Waals surface area contributed by atoms with E-state index in [2.05, 4.69) is 10.4 Å². The second-order valence-corrected chi connectivity index (χ2v) is 9.60. The molecule has 4 nitrogen and oxygen atoms in total. The zero-order valence-corrected chi connectivity index (χ0v) is 17.4. The lowest BCUT2D eigenvalue weighted by atomic mass is 10.0. The van der Waals surface area contributed by atoms with E-state index >= 15 is 0 Å². The molecule has 0 unspecified atom stereocenters. The summed E-state index contributed by atoms with van der Waals surface area (Å²) in [5, 5.41) is 17.6. The van der Waals surface area contributed by atoms with Gasteiger partial charge in [0.1, 0.15) is 9.88 Å². The summed E-state index contributed by atoms with van der Waals surface area (Å²) in [5.41, 5.74) is 1.07. The van der Waals surface area contributed by atoms with Crippen LogP contribution in [0.2, 0.25) is 0 Å². The van der Waals surface area contributed by atoms with Crippen molar-refractivity contribution >= 4 is 39.9 Å². The minimum Gasteiger partial charge on any atom is -0.387 e. The minimum atomic E-state index is -0.508. The topological polar surface area (TPSA) is 53.4 Å². The summed E-state index contributed by atoms with van der Waals surface area (Å²) in [4.78, 5) is 21.3. The first-order chi connectivity index (χ1) is 13.2. The average molecular weight is 419 g/mol. The molecule has 0 bridgehead atoms. The average Bonchev–Trinajstić information content (AvgIpc) is 3.42. The molecule has 27 heavy (non-hydrogen) atoms. The normalized spacial score (nSPS) is 19.0. The highest BCUT2D eigenvalue weighted by Gasteiger charge is 2.29. The maximum absolute atomic E-state index is 13.2. The molecule has 0 saturated carbocycles. The number of aliphatic hydroxyl groups is 1. The van der Waals surface area contributed by atoms with Crippen LogP contribution in [0.25, 0.3) is 10.6 Å². The maximum Gasteiger partial charge on any atom is 0.265 e. The Bertz CT molecular complexity index is 858. The molecule has 1 amide bonds. The first-order valence-electron chi connectivity index (χ1n) is 9.23. The summed E-state index contributed by atoms with van der Waals surface area (Å²) in [5.74, 6) is 0.0549. The summed E-state index contributed by atoms with van der Waals surface area (Å²) in [6.07, 6.45) is 6.01. The number of thiazole rings is 1. The first kappa shape index (κ1) is 18.8. The van der Waals surface area contributed by atoms with Crippen LogP contribution in [0.15, 0.2) is 40.5 Å². The van der Waals surface area contributed by atoms with E-state index in [4.69, 9.17) is 0 Å². The number of likely N-dealkylation sites (tertiary alicyclic amines) is 1. The van der Waals surface area contributed by atoms with E-state index in [0.717, 1.165) is 47.7 Å². The Morgan fingerprint density at radius 1 is 1.30 bits per heavy atom. The Hall–Kier alpha value is -1.54. The third-order valence-corrected chi connectivity index (χ3v) is 7.68. The Morgan fingerprint density at radius 2 is 2.22 bits per heavy atom. The van der Waals surface area contributed by atoms with Gasteiger partial charge in [0, 0.05) is 28.4 Å². The molecule has 3 aromatic heterocycles. The van der Waals surface area contributed by atoms with Crippen molar-refractivity contribution in [2.24, 2.45) is 0 Å². The molecule has 1 saturated heterocycles. The zero-order chi connectivity index (χ0) is 18.6. The zero-order valence-electron chi connectivity index (χ0n) is 14.9. The van der Waals surface area contributed by atoms with Gasteiger partial charge in [-0.3, -0.25) is 4.79 Å². The summed E-state index contributed by atoms with van der Waals surface area (Å²) in [6, 6.07) is 6.03. The third-order valence-electron chi connectivity index (χ3n) is 4.99. The molecule has 4 rings (SSSR count). The highest BCUT2D eigenvalue weighted by molar-refractivity contribution is 7.17. The van der Waals surface area contributed by atoms with E-state index in [0.29, 0.717) is 11.3 Å². The quantitative estimate of drug-likeness (QED) is 0.600. The maximum atomic E-state index is 13.2. The molecule has 3 aromatic rings. The van der Waals surface area contributed by atoms with E-state index in [1.807, 2.05) is 33.9 Å². The molecule has 0 aliphatic carbocycles. The lowest BCUT2D eigenvalue weighted by molar-refractivity contribution is 0.0596. The monoisotopic (exact) mass is 418 g/mol. The van der Waals surface area contributed by atoms with Crippen molar-refractivity contribution < 1.29 is 9.90 Å². The highest BCUT2D eigenvalue weighted by atomic mass is 32.1. The van der Waals surface area contributed by atoms with Crippen LogP contribution >= 0.6 is 34.0 Å². The van der Waals surface area contributed by atoms with Crippen LogP contribution in [0.3, 0.4) is 0 Å². The predicted octanol–water partition coefficient (Wildman–Crippen LogP) is 5.44. The molecule has 2 atom stereocenters. The van der Waals surface area contributed by atoms with E-state index in [-0.39, 0.29) is 11.9 Å². The number of thiophene rings is 2. The van der Waals surface area contributed by atoms with Gasteiger partial charge in [-0.15, -0.1) is 22.7 Å². The van der Waals surface area contributed by atoms with Gasteiger partial charge in [-0.25, -0.2) is 4.98 Å². The molecule has 4 heterocycles. The van der Waals surface area contributed by atoms with Crippen LogP contribution in [0.4, 0.5) is 0 Å². The number of hydrogen-bond acceptors (Lipinski definition) is 6. The second-order valence-electron chi connectivity index (χ2n) is 6.81. The number of carbonyl (C=O) groups is 1. The van der Waals surface area contributed by atoms with Crippen molar-refractivity contribution in [2.45, 2.75) is 44.2 Å². The van der Waals surface area contributed by atoms with Crippen LogP contribution < -0.4 is 0 Å². The number of carbonyl (C=O) groups excluding carboxylic acids is 1. The van der Waals surface area contributed by atoms with Gasteiger partial charge in [-0.05, 0) is 42.2 Å². The van der Waals surface area contributed by atoms with Crippen molar-refractivity contribution in [3.8, 4) is 10.6 Å². The molecule has 0 radical (unpaired) electrons. The Morgan fingerprint density at radius 3 is 3.00 bits per heavy atom. The fourth-order valence-corrected chi connectivity index (χ4v) is 5.89. The summed E-state index contributed by atoms with van der Waals surface area (Å²) < 4.78 is 0. The predicted molar refractivity (Wildman–Crippen MR) is 113 cm³/mol. The molecular formula is C20H22N2O2S3. The molecular weight excluding hydrogens is 396 g/mol. The molecule has 1 fully saturated rings. The number of rotatable bonds is 5. The van der Waals surface area contributed by atoms with Gasteiger partial charge >= 0.3 is 0 Å². The summed E-state index contributed by atoms with van der Waals surface area (Å²) in [6.45, 7) is 0.756. The Kier molecular flexibility index (Phi) is 6.02. The molecule has 0 aromatic carbocycles. The number of amides is 1. The van der Waals surface area contributed by atoms with E-state index in [1.54, 1.807) is 28.9 Å². The van der Waals surface area contributed by atoms with Crippen molar-refractivity contribution in [1.82, 2.24) is 9.88 Å². The van der Waals surface area contributed by atoms with E-state index < -0.39 is 6.10 Å². The van der Waals surface area contributed by atoms with Crippen LogP contribution in [0.1, 0.15) is 52.8 Å². The largest absolute Gasteiger partial charge is 0.387 e. The number of aliphatic hydroxyl groups excluding tert-OH is 1. The van der Waals surface area contributed by atoms with Gasteiger partial charge in [0.25, 0.3) is 5.91 Å². The summed E-state index contributed by atoms with van der Waals surface area (Å²) >= 11 is 4.67. The van der Waals surface area contributed by atoms with E-state index in [1.165, 1.54) is 11.3 Å². The molecule has 0 spiro atoms. The lowest BCUT2D eigenvalue weighted by Crippen LogP contribution is -2.40. The van der Waals surface area contributed by atoms with Crippen LogP contribution in [0.5, 0.6) is 0 Å². The van der Waals surface area contributed by atoms with Gasteiger partial charge in [0.05, 0.1) is 12.3 Å². The molecule has 1 aliphatic rings. The molecule has 142 valence electrons. The Balaban J connectivity index is 1.52. The smallest absolute Gasteiger partial charge is 0.265 e. The van der Waals surface area contributed by atoms with Crippen LogP contribution in [-0.2, 0) is 0 Å². The van der Waals surface area contributed by atoms with Gasteiger partial charge in [-0.2, -0.15) is 11.3 Å². The lowest BCUT2D eigenvalue weighted by Gasteiger charge is -2.31. The fourth-order valence-electron chi connectivity index (χ4n) is 3.58. The first-order valence-corrected chi connectivity index (χ1v) is 11.9. The van der Waals surface area contributed by atoms with Gasteiger partial charge in [0.15, 0.2) is 0 Å². The van der Waals surface area contributed by atoms with Crippen molar-refractivity contribution in [3.05, 3.63) is 50.3 Å². The van der Waals surface area contributed by atoms with Crippen molar-refractivity contribution in [2.75, 3.05) is 6.54 Å². The SMILES string of the molecule is O=C(c1cnc(-c2ccsc2)s1)N1CCCCC[C@H]1C[C@H](O)c1cccs1. The van der Waals surface area contributed by atoms with E-state index in [9.17, 15) is 9.90 Å². The Labute approximate surface area is 171 Å². The highest BCUT2D eigenvalue weighted by Crippen LogP contribution is 2.32. The van der Waals surface area contributed by atoms with Crippen molar-refractivity contribution in [1.29, 1.82) is 0 Å². The van der Waals surface area contributed by atoms with Crippen LogP contribution in [-0.4, -0.2) is 33.5 Å².